The summed E-state index contributed by atoms with van der Waals surface area (Å²) in [5, 5.41) is 16.6. The number of hydrogen-bond acceptors (Lipinski definition) is 7. The Balaban J connectivity index is 2.09. The molecule has 0 radical (unpaired) electrons. The van der Waals surface area contributed by atoms with Crippen LogP contribution in [0.1, 0.15) is 25.5 Å². The number of aromatic nitrogens is 2. The summed E-state index contributed by atoms with van der Waals surface area (Å²) in [5.74, 6) is 0.722. The van der Waals surface area contributed by atoms with Crippen LogP contribution < -0.4 is 15.4 Å². The van der Waals surface area contributed by atoms with Gasteiger partial charge in [-0.05, 0) is 30.0 Å². The van der Waals surface area contributed by atoms with Crippen molar-refractivity contribution in [2.75, 3.05) is 24.8 Å². The monoisotopic (exact) mass is 399 g/mol. The number of thiophene rings is 1. The Labute approximate surface area is 167 Å². The van der Waals surface area contributed by atoms with Gasteiger partial charge in [0.05, 0.1) is 17.7 Å². The van der Waals surface area contributed by atoms with Crippen LogP contribution in [0.4, 0.5) is 21.6 Å². The lowest BCUT2D eigenvalue weighted by atomic mass is 10.1. The van der Waals surface area contributed by atoms with E-state index >= 15 is 0 Å². The number of nitrogens with one attached hydrogen (secondary N) is 3. The Kier molecular flexibility index (Phi) is 6.20. The van der Waals surface area contributed by atoms with Crippen molar-refractivity contribution < 1.29 is 9.13 Å². The molecule has 0 aliphatic carbocycles. The number of benzene rings is 1. The molecule has 0 unspecified atom stereocenters. The molecule has 3 aromatic rings. The average Bonchev–Trinajstić information content (AvgIpc) is 3.22. The maximum absolute atomic E-state index is 14.1. The SMILES string of the molecule is CCCC(=N)c1nc(-c2cccs2)nc(Nc2ccc(OC)c(F)c2)c1NC. The summed E-state index contributed by atoms with van der Waals surface area (Å²) in [7, 11) is 3.18. The van der Waals surface area contributed by atoms with Crippen LogP contribution in [0.25, 0.3) is 10.7 Å². The van der Waals surface area contributed by atoms with Crippen molar-refractivity contribution in [2.45, 2.75) is 19.8 Å². The van der Waals surface area contributed by atoms with E-state index in [0.29, 0.717) is 40.8 Å². The molecule has 8 heteroatoms. The van der Waals surface area contributed by atoms with Crippen molar-refractivity contribution in [2.24, 2.45) is 0 Å². The van der Waals surface area contributed by atoms with Crippen LogP contribution in [0.3, 0.4) is 0 Å². The Morgan fingerprint density at radius 3 is 2.71 bits per heavy atom. The van der Waals surface area contributed by atoms with Crippen LogP contribution in [0.15, 0.2) is 35.7 Å². The molecular formula is C20H22FN5OS. The van der Waals surface area contributed by atoms with Crippen LogP contribution >= 0.6 is 11.3 Å². The minimum Gasteiger partial charge on any atom is -0.494 e. The summed E-state index contributed by atoms with van der Waals surface area (Å²) >= 11 is 1.53. The summed E-state index contributed by atoms with van der Waals surface area (Å²) < 4.78 is 19.1. The topological polar surface area (TPSA) is 82.9 Å². The second kappa shape index (κ2) is 8.79. The highest BCUT2D eigenvalue weighted by Gasteiger charge is 2.18. The molecule has 0 amide bonds. The zero-order valence-electron chi connectivity index (χ0n) is 16.0. The van der Waals surface area contributed by atoms with Crippen molar-refractivity contribution >= 4 is 34.2 Å². The highest BCUT2D eigenvalue weighted by molar-refractivity contribution is 7.13. The van der Waals surface area contributed by atoms with Crippen LogP contribution in [0, 0.1) is 11.2 Å². The van der Waals surface area contributed by atoms with Crippen LogP contribution in [-0.4, -0.2) is 29.8 Å². The second-order valence-corrected chi connectivity index (χ2v) is 7.00. The molecule has 0 bridgehead atoms. The maximum Gasteiger partial charge on any atom is 0.172 e. The third-order valence-electron chi connectivity index (χ3n) is 4.10. The van der Waals surface area contributed by atoms with Gasteiger partial charge in [0.2, 0.25) is 0 Å². The third-order valence-corrected chi connectivity index (χ3v) is 4.97. The smallest absolute Gasteiger partial charge is 0.172 e. The molecule has 0 saturated heterocycles. The normalized spacial score (nSPS) is 10.6. The van der Waals surface area contributed by atoms with Gasteiger partial charge in [0, 0.05) is 18.8 Å². The first kappa shape index (κ1) is 19.8. The van der Waals surface area contributed by atoms with Gasteiger partial charge in [-0.15, -0.1) is 11.3 Å². The first-order valence-electron chi connectivity index (χ1n) is 8.89. The van der Waals surface area contributed by atoms with Crippen molar-refractivity contribution in [1.82, 2.24) is 9.97 Å². The lowest BCUT2D eigenvalue weighted by Gasteiger charge is -2.17. The number of rotatable bonds is 8. The van der Waals surface area contributed by atoms with Gasteiger partial charge in [-0.25, -0.2) is 14.4 Å². The van der Waals surface area contributed by atoms with Gasteiger partial charge in [0.25, 0.3) is 0 Å². The van der Waals surface area contributed by atoms with Crippen molar-refractivity contribution in [3.8, 4) is 16.5 Å². The number of nitrogens with zero attached hydrogens (tertiary/aromatic N) is 2. The standard InChI is InChI=1S/C20H22FN5OS/c1-4-6-14(22)17-18(23-2)20(26-19(25-17)16-7-5-10-28-16)24-12-8-9-15(27-3)13(21)11-12/h5,7-11,22-23H,4,6H2,1-3H3,(H,24,25,26). The van der Waals surface area contributed by atoms with E-state index in [2.05, 4.69) is 20.6 Å². The highest BCUT2D eigenvalue weighted by Crippen LogP contribution is 2.32. The molecule has 0 aliphatic rings. The Hall–Kier alpha value is -3.00. The quantitative estimate of drug-likeness (QED) is 0.447. The van der Waals surface area contributed by atoms with Crippen molar-refractivity contribution in [3.63, 3.8) is 0 Å². The van der Waals surface area contributed by atoms with Crippen LogP contribution in [0.2, 0.25) is 0 Å². The largest absolute Gasteiger partial charge is 0.494 e. The van der Waals surface area contributed by atoms with E-state index in [0.717, 1.165) is 11.3 Å². The fourth-order valence-electron chi connectivity index (χ4n) is 2.77. The molecule has 0 saturated carbocycles. The van der Waals surface area contributed by atoms with E-state index in [1.165, 1.54) is 24.5 Å². The van der Waals surface area contributed by atoms with Gasteiger partial charge in [-0.1, -0.05) is 19.4 Å². The van der Waals surface area contributed by atoms with Gasteiger partial charge < -0.3 is 20.8 Å². The Morgan fingerprint density at radius 1 is 1.29 bits per heavy atom. The molecule has 0 fully saturated rings. The molecule has 3 N–H and O–H groups in total. The predicted molar refractivity (Wildman–Crippen MR) is 113 cm³/mol. The zero-order valence-corrected chi connectivity index (χ0v) is 16.8. The first-order valence-corrected chi connectivity index (χ1v) is 9.77. The van der Waals surface area contributed by atoms with Gasteiger partial charge in [-0.3, -0.25) is 0 Å². The molecule has 146 valence electrons. The van der Waals surface area contributed by atoms with Gasteiger partial charge in [0.1, 0.15) is 11.4 Å². The minimum atomic E-state index is -0.468. The summed E-state index contributed by atoms with van der Waals surface area (Å²) in [6.07, 6.45) is 1.44. The fraction of sp³-hybridized carbons (Fsp3) is 0.250. The number of ether oxygens (including phenoxy) is 1. The van der Waals surface area contributed by atoms with E-state index in [1.807, 2.05) is 24.4 Å². The number of methoxy groups -OCH3 is 1. The second-order valence-electron chi connectivity index (χ2n) is 6.05. The summed E-state index contributed by atoms with van der Waals surface area (Å²) in [4.78, 5) is 10.2. The van der Waals surface area contributed by atoms with Crippen LogP contribution in [0.5, 0.6) is 5.75 Å². The predicted octanol–water partition coefficient (Wildman–Crippen LogP) is 5.31. The molecule has 0 aliphatic heterocycles. The molecule has 28 heavy (non-hydrogen) atoms. The molecule has 2 aromatic heterocycles. The minimum absolute atomic E-state index is 0.173. The van der Waals surface area contributed by atoms with E-state index < -0.39 is 5.82 Å². The van der Waals surface area contributed by atoms with Crippen molar-refractivity contribution in [3.05, 3.63) is 47.2 Å². The molecule has 1 aromatic carbocycles. The van der Waals surface area contributed by atoms with Crippen molar-refractivity contribution in [1.29, 1.82) is 5.41 Å². The number of hydrogen-bond donors (Lipinski definition) is 3. The molecule has 3 rings (SSSR count). The van der Waals surface area contributed by atoms with E-state index in [-0.39, 0.29) is 5.75 Å². The lowest BCUT2D eigenvalue weighted by Crippen LogP contribution is -2.12. The first-order chi connectivity index (χ1) is 13.6. The fourth-order valence-corrected chi connectivity index (χ4v) is 3.43. The molecule has 2 heterocycles. The lowest BCUT2D eigenvalue weighted by molar-refractivity contribution is 0.386. The van der Waals surface area contributed by atoms with E-state index in [9.17, 15) is 4.39 Å². The van der Waals surface area contributed by atoms with Crippen LogP contribution in [-0.2, 0) is 0 Å². The van der Waals surface area contributed by atoms with Gasteiger partial charge >= 0.3 is 0 Å². The number of anilines is 3. The molecular weight excluding hydrogens is 377 g/mol. The molecule has 0 spiro atoms. The molecule has 6 nitrogen and oxygen atoms in total. The Morgan fingerprint density at radius 2 is 2.11 bits per heavy atom. The molecule has 0 atom stereocenters. The Bertz CT molecular complexity index is 975. The van der Waals surface area contributed by atoms with Gasteiger partial charge in [0.15, 0.2) is 23.2 Å². The van der Waals surface area contributed by atoms with E-state index in [4.69, 9.17) is 10.1 Å². The number of halogens is 1. The zero-order chi connectivity index (χ0) is 20.1. The maximum atomic E-state index is 14.1. The van der Waals surface area contributed by atoms with Gasteiger partial charge in [-0.2, -0.15) is 0 Å². The summed E-state index contributed by atoms with van der Waals surface area (Å²) in [5.41, 5.74) is 2.10. The summed E-state index contributed by atoms with van der Waals surface area (Å²) in [6, 6.07) is 8.48. The summed E-state index contributed by atoms with van der Waals surface area (Å²) in [6.45, 7) is 2.02. The third kappa shape index (κ3) is 4.12. The van der Waals surface area contributed by atoms with E-state index in [1.54, 1.807) is 19.2 Å². The highest BCUT2D eigenvalue weighted by atomic mass is 32.1. The average molecular weight is 399 g/mol.